The number of ether oxygens (including phenoxy) is 2. The number of hydrogen-bond donors (Lipinski definition) is 4. The maximum Gasteiger partial charge on any atom is 0.404 e. The van der Waals surface area contributed by atoms with E-state index >= 15 is 0 Å². The van der Waals surface area contributed by atoms with Crippen molar-refractivity contribution in [3.8, 4) is 5.75 Å². The standard InChI is InChI=1S/C15H20F2N4O5/c16-14(17)26-11-7-2-1-5-9(11)12(22)20-10(13(23)21-19)6-3-4-8-25-15(18)24/h1-2,5,7,10,14H,3-4,6,8,19H2,(H2,18,24)(H,20,22)(H,21,23). The van der Waals surface area contributed by atoms with Crippen LogP contribution in [0.5, 0.6) is 5.75 Å². The van der Waals surface area contributed by atoms with E-state index in [0.29, 0.717) is 12.8 Å². The Kier molecular flexibility index (Phi) is 8.78. The molecule has 26 heavy (non-hydrogen) atoms. The number of hydrogen-bond acceptors (Lipinski definition) is 6. The number of amides is 3. The first-order valence-electron chi connectivity index (χ1n) is 7.62. The van der Waals surface area contributed by atoms with E-state index in [2.05, 4.69) is 14.8 Å². The van der Waals surface area contributed by atoms with Crippen molar-refractivity contribution >= 4 is 17.9 Å². The highest BCUT2D eigenvalue weighted by Crippen LogP contribution is 2.20. The van der Waals surface area contributed by atoms with Gasteiger partial charge in [0.25, 0.3) is 11.8 Å². The van der Waals surface area contributed by atoms with Gasteiger partial charge in [-0.05, 0) is 31.4 Å². The summed E-state index contributed by atoms with van der Waals surface area (Å²) in [6, 6.07) is 4.37. The summed E-state index contributed by atoms with van der Waals surface area (Å²) in [5, 5.41) is 2.41. The minimum Gasteiger partial charge on any atom is -0.450 e. The molecule has 0 fully saturated rings. The number of carbonyl (C=O) groups is 3. The lowest BCUT2D eigenvalue weighted by molar-refractivity contribution is -0.123. The molecule has 0 aliphatic carbocycles. The number of nitrogens with one attached hydrogen (secondary N) is 2. The van der Waals surface area contributed by atoms with Crippen LogP contribution < -0.4 is 27.1 Å². The van der Waals surface area contributed by atoms with Gasteiger partial charge in [-0.3, -0.25) is 15.0 Å². The molecule has 1 rings (SSSR count). The summed E-state index contributed by atoms with van der Waals surface area (Å²) in [5.74, 6) is 3.33. The number of carbonyl (C=O) groups excluding carboxylic acids is 3. The number of alkyl halides is 2. The van der Waals surface area contributed by atoms with E-state index in [-0.39, 0.29) is 24.3 Å². The SMILES string of the molecule is NNC(=O)C(CCCCOC(N)=O)NC(=O)c1ccccc1OC(F)F. The lowest BCUT2D eigenvalue weighted by Crippen LogP contribution is -2.49. The van der Waals surface area contributed by atoms with Gasteiger partial charge in [0.2, 0.25) is 0 Å². The first-order chi connectivity index (χ1) is 12.3. The quantitative estimate of drug-likeness (QED) is 0.205. The molecule has 1 aromatic rings. The molecule has 0 aliphatic rings. The number of para-hydroxylation sites is 1. The van der Waals surface area contributed by atoms with E-state index in [4.69, 9.17) is 11.6 Å². The van der Waals surface area contributed by atoms with Crippen LogP contribution in [0.25, 0.3) is 0 Å². The van der Waals surface area contributed by atoms with Gasteiger partial charge in [-0.1, -0.05) is 12.1 Å². The molecular weight excluding hydrogens is 354 g/mol. The predicted octanol–water partition coefficient (Wildman–Crippen LogP) is 0.642. The molecule has 0 radical (unpaired) electrons. The molecule has 0 bridgehead atoms. The van der Waals surface area contributed by atoms with Gasteiger partial charge in [-0.2, -0.15) is 8.78 Å². The third-order valence-electron chi connectivity index (χ3n) is 3.24. The van der Waals surface area contributed by atoms with Gasteiger partial charge in [-0.15, -0.1) is 0 Å². The Morgan fingerprint density at radius 3 is 2.46 bits per heavy atom. The number of nitrogens with two attached hydrogens (primary N) is 2. The van der Waals surface area contributed by atoms with Gasteiger partial charge in [0.1, 0.15) is 11.8 Å². The number of rotatable bonds is 10. The molecule has 0 spiro atoms. The van der Waals surface area contributed by atoms with Crippen LogP contribution in [-0.4, -0.2) is 37.2 Å². The maximum atomic E-state index is 12.4. The van der Waals surface area contributed by atoms with Gasteiger partial charge in [-0.25, -0.2) is 10.6 Å². The number of hydrazine groups is 1. The fourth-order valence-electron chi connectivity index (χ4n) is 2.08. The lowest BCUT2D eigenvalue weighted by Gasteiger charge is -2.18. The second-order valence-electron chi connectivity index (χ2n) is 5.07. The van der Waals surface area contributed by atoms with E-state index in [1.165, 1.54) is 24.3 Å². The Balaban J connectivity index is 2.71. The zero-order chi connectivity index (χ0) is 19.5. The van der Waals surface area contributed by atoms with Gasteiger partial charge in [0.05, 0.1) is 12.2 Å². The minimum atomic E-state index is -3.10. The van der Waals surface area contributed by atoms with Crippen LogP contribution in [0.1, 0.15) is 29.6 Å². The Morgan fingerprint density at radius 2 is 1.85 bits per heavy atom. The van der Waals surface area contributed by atoms with Crippen molar-refractivity contribution in [2.24, 2.45) is 11.6 Å². The van der Waals surface area contributed by atoms with Crippen molar-refractivity contribution in [2.75, 3.05) is 6.61 Å². The second kappa shape index (κ2) is 10.8. The first kappa shape index (κ1) is 21.1. The Bertz CT molecular complexity index is 630. The highest BCUT2D eigenvalue weighted by molar-refractivity contribution is 5.99. The maximum absolute atomic E-state index is 12.4. The molecule has 0 heterocycles. The van der Waals surface area contributed by atoms with E-state index in [0.717, 1.165) is 0 Å². The van der Waals surface area contributed by atoms with Crippen molar-refractivity contribution in [1.82, 2.24) is 10.7 Å². The third-order valence-corrected chi connectivity index (χ3v) is 3.24. The molecule has 1 aromatic carbocycles. The van der Waals surface area contributed by atoms with E-state index in [1.807, 2.05) is 5.43 Å². The zero-order valence-electron chi connectivity index (χ0n) is 13.7. The molecule has 144 valence electrons. The smallest absolute Gasteiger partial charge is 0.404 e. The van der Waals surface area contributed by atoms with Crippen LogP contribution >= 0.6 is 0 Å². The van der Waals surface area contributed by atoms with Crippen LogP contribution in [0.15, 0.2) is 24.3 Å². The lowest BCUT2D eigenvalue weighted by atomic mass is 10.1. The number of primary amides is 1. The van der Waals surface area contributed by atoms with Gasteiger partial charge >= 0.3 is 12.7 Å². The third kappa shape index (κ3) is 7.30. The molecule has 11 heteroatoms. The molecule has 0 saturated carbocycles. The molecule has 0 aliphatic heterocycles. The number of benzene rings is 1. The van der Waals surface area contributed by atoms with E-state index in [1.54, 1.807) is 0 Å². The average molecular weight is 374 g/mol. The van der Waals surface area contributed by atoms with E-state index in [9.17, 15) is 23.2 Å². The van der Waals surface area contributed by atoms with E-state index < -0.39 is 30.6 Å². The average Bonchev–Trinajstić information content (AvgIpc) is 2.59. The van der Waals surface area contributed by atoms with Gasteiger partial charge < -0.3 is 20.5 Å². The highest BCUT2D eigenvalue weighted by atomic mass is 19.3. The van der Waals surface area contributed by atoms with Crippen LogP contribution in [0, 0.1) is 0 Å². The summed E-state index contributed by atoms with van der Waals surface area (Å²) >= 11 is 0. The zero-order valence-corrected chi connectivity index (χ0v) is 13.7. The fraction of sp³-hybridized carbons (Fsp3) is 0.400. The fourth-order valence-corrected chi connectivity index (χ4v) is 2.08. The van der Waals surface area contributed by atoms with Crippen LogP contribution in [-0.2, 0) is 9.53 Å². The molecule has 6 N–H and O–H groups in total. The van der Waals surface area contributed by atoms with Crippen LogP contribution in [0.4, 0.5) is 13.6 Å². The van der Waals surface area contributed by atoms with Crippen molar-refractivity contribution in [3.63, 3.8) is 0 Å². The topological polar surface area (TPSA) is 146 Å². The monoisotopic (exact) mass is 374 g/mol. The molecular formula is C15H20F2N4O5. The van der Waals surface area contributed by atoms with Crippen molar-refractivity contribution in [1.29, 1.82) is 0 Å². The minimum absolute atomic E-state index is 0.0608. The number of halogens is 2. The molecule has 9 nitrogen and oxygen atoms in total. The summed E-state index contributed by atoms with van der Waals surface area (Å²) in [4.78, 5) is 34.6. The first-order valence-corrected chi connectivity index (χ1v) is 7.62. The molecule has 0 saturated heterocycles. The molecule has 3 amide bonds. The van der Waals surface area contributed by atoms with Gasteiger partial charge in [0.15, 0.2) is 0 Å². The highest BCUT2D eigenvalue weighted by Gasteiger charge is 2.23. The summed E-state index contributed by atoms with van der Waals surface area (Å²) in [6.45, 7) is -3.04. The Morgan fingerprint density at radius 1 is 1.15 bits per heavy atom. The normalized spacial score (nSPS) is 11.5. The Hall–Kier alpha value is -2.95. The molecule has 1 atom stereocenters. The summed E-state index contributed by atoms with van der Waals surface area (Å²) in [5.41, 5.74) is 6.58. The summed E-state index contributed by atoms with van der Waals surface area (Å²) in [7, 11) is 0. The van der Waals surface area contributed by atoms with Crippen LogP contribution in [0.3, 0.4) is 0 Å². The molecule has 1 unspecified atom stereocenters. The molecule has 0 aromatic heterocycles. The number of unbranched alkanes of at least 4 members (excludes halogenated alkanes) is 1. The largest absolute Gasteiger partial charge is 0.450 e. The second-order valence-corrected chi connectivity index (χ2v) is 5.07. The van der Waals surface area contributed by atoms with Crippen molar-refractivity contribution < 1.29 is 32.6 Å². The summed E-state index contributed by atoms with van der Waals surface area (Å²) in [6.07, 6.45) is 0.0681. The summed E-state index contributed by atoms with van der Waals surface area (Å²) < 4.78 is 33.7. The van der Waals surface area contributed by atoms with Gasteiger partial charge in [0, 0.05) is 0 Å². The predicted molar refractivity (Wildman–Crippen MR) is 86.0 cm³/mol. The van der Waals surface area contributed by atoms with Crippen LogP contribution in [0.2, 0.25) is 0 Å². The van der Waals surface area contributed by atoms with Crippen molar-refractivity contribution in [3.05, 3.63) is 29.8 Å². The van der Waals surface area contributed by atoms with Crippen molar-refractivity contribution in [2.45, 2.75) is 31.9 Å². The Labute approximate surface area is 148 Å².